The second-order valence-electron chi connectivity index (χ2n) is 9.78. The average Bonchev–Trinajstić information content (AvgIpc) is 3.24. The van der Waals surface area contributed by atoms with E-state index in [2.05, 4.69) is 15.6 Å². The van der Waals surface area contributed by atoms with Crippen LogP contribution in [0, 0.1) is 0 Å². The molecule has 0 spiro atoms. The zero-order valence-electron chi connectivity index (χ0n) is 20.1. The summed E-state index contributed by atoms with van der Waals surface area (Å²) in [5, 5.41) is 17.0. The number of aliphatic hydroxyl groups is 1. The summed E-state index contributed by atoms with van der Waals surface area (Å²) in [6.45, 7) is 2.14. The Morgan fingerprint density at radius 2 is 1.89 bits per heavy atom. The molecule has 0 bridgehead atoms. The van der Waals surface area contributed by atoms with Gasteiger partial charge in [0.2, 0.25) is 5.91 Å². The minimum atomic E-state index is -4.55. The van der Waals surface area contributed by atoms with E-state index in [4.69, 9.17) is 0 Å². The lowest BCUT2D eigenvalue weighted by Crippen LogP contribution is -2.46. The van der Waals surface area contributed by atoms with Crippen molar-refractivity contribution in [3.05, 3.63) is 65.5 Å². The van der Waals surface area contributed by atoms with Gasteiger partial charge in [0, 0.05) is 36.4 Å². The van der Waals surface area contributed by atoms with E-state index in [0.717, 1.165) is 31.4 Å². The van der Waals surface area contributed by atoms with Gasteiger partial charge in [-0.1, -0.05) is 12.1 Å². The zero-order chi connectivity index (χ0) is 25.9. The Balaban J connectivity index is 1.25. The van der Waals surface area contributed by atoms with Crippen molar-refractivity contribution in [2.45, 2.75) is 68.9 Å². The molecule has 1 aliphatic carbocycles. The lowest BCUT2D eigenvalue weighted by molar-refractivity contribution is -0.137. The number of nitrogens with zero attached hydrogens (tertiary/aromatic N) is 2. The maximum atomic E-state index is 12.9. The van der Waals surface area contributed by atoms with Gasteiger partial charge in [0.1, 0.15) is 5.60 Å². The molecule has 2 atom stereocenters. The van der Waals surface area contributed by atoms with Crippen molar-refractivity contribution < 1.29 is 27.9 Å². The Kier molecular flexibility index (Phi) is 7.65. The number of aromatic nitrogens is 1. The third-order valence-corrected chi connectivity index (χ3v) is 7.17. The van der Waals surface area contributed by atoms with Gasteiger partial charge in [-0.05, 0) is 69.4 Å². The number of alkyl halides is 3. The van der Waals surface area contributed by atoms with E-state index in [1.165, 1.54) is 12.1 Å². The van der Waals surface area contributed by atoms with E-state index in [0.29, 0.717) is 25.1 Å². The molecule has 0 radical (unpaired) electrons. The smallest absolute Gasteiger partial charge is 0.384 e. The van der Waals surface area contributed by atoms with E-state index < -0.39 is 23.2 Å². The molecule has 3 N–H and O–H groups in total. The second kappa shape index (κ2) is 10.6. The Hall–Kier alpha value is -2.98. The Labute approximate surface area is 208 Å². The summed E-state index contributed by atoms with van der Waals surface area (Å²) in [6, 6.07) is 9.95. The molecule has 1 saturated heterocycles. The van der Waals surface area contributed by atoms with E-state index in [-0.39, 0.29) is 36.1 Å². The number of amides is 2. The first-order chi connectivity index (χ1) is 17.0. The summed E-state index contributed by atoms with van der Waals surface area (Å²) >= 11 is 0. The molecule has 2 unspecified atom stereocenters. The fourth-order valence-corrected chi connectivity index (χ4v) is 5.19. The predicted molar refractivity (Wildman–Crippen MR) is 127 cm³/mol. The van der Waals surface area contributed by atoms with Gasteiger partial charge in [-0.3, -0.25) is 14.6 Å². The van der Waals surface area contributed by atoms with Gasteiger partial charge in [0.05, 0.1) is 17.8 Å². The number of carbonyl (C=O) groups is 2. The van der Waals surface area contributed by atoms with Gasteiger partial charge in [0.15, 0.2) is 0 Å². The predicted octanol–water partition coefficient (Wildman–Crippen LogP) is 3.24. The van der Waals surface area contributed by atoms with Crippen LogP contribution in [0.1, 0.15) is 60.6 Å². The van der Waals surface area contributed by atoms with Crippen molar-refractivity contribution in [1.29, 1.82) is 0 Å². The van der Waals surface area contributed by atoms with Crippen LogP contribution in [-0.4, -0.2) is 58.0 Å². The summed E-state index contributed by atoms with van der Waals surface area (Å²) in [6.07, 6.45) is 0.689. The molecule has 7 nitrogen and oxygen atoms in total. The van der Waals surface area contributed by atoms with Crippen LogP contribution in [0.15, 0.2) is 48.7 Å². The number of pyridine rings is 1. The summed E-state index contributed by atoms with van der Waals surface area (Å²) in [4.78, 5) is 31.1. The van der Waals surface area contributed by atoms with Gasteiger partial charge in [-0.25, -0.2) is 0 Å². The van der Waals surface area contributed by atoms with Crippen molar-refractivity contribution in [3.63, 3.8) is 0 Å². The Morgan fingerprint density at radius 1 is 1.14 bits per heavy atom. The molecule has 2 amide bonds. The number of hydrogen-bond acceptors (Lipinski definition) is 5. The number of likely N-dealkylation sites (tertiary alicyclic amines) is 1. The highest BCUT2D eigenvalue weighted by Crippen LogP contribution is 2.36. The topological polar surface area (TPSA) is 94.6 Å². The first-order valence-corrected chi connectivity index (χ1v) is 12.2. The zero-order valence-corrected chi connectivity index (χ0v) is 20.1. The van der Waals surface area contributed by atoms with Crippen molar-refractivity contribution >= 4 is 11.8 Å². The van der Waals surface area contributed by atoms with Crippen LogP contribution in [0.25, 0.3) is 0 Å². The van der Waals surface area contributed by atoms with Gasteiger partial charge in [0.25, 0.3) is 5.91 Å². The molecule has 1 saturated carbocycles. The largest absolute Gasteiger partial charge is 0.416 e. The van der Waals surface area contributed by atoms with Gasteiger partial charge in [-0.2, -0.15) is 13.2 Å². The molecule has 4 rings (SSSR count). The number of nitrogens with one attached hydrogen (secondary N) is 2. The molecule has 1 aromatic heterocycles. The summed E-state index contributed by atoms with van der Waals surface area (Å²) in [7, 11) is 0. The molecule has 1 aliphatic heterocycles. The maximum Gasteiger partial charge on any atom is 0.416 e. The first kappa shape index (κ1) is 26.1. The summed E-state index contributed by atoms with van der Waals surface area (Å²) < 4.78 is 38.7. The summed E-state index contributed by atoms with van der Waals surface area (Å²) in [5.74, 6) is -1.00. The lowest BCUT2D eigenvalue weighted by atomic mass is 9.79. The van der Waals surface area contributed by atoms with Crippen LogP contribution in [0.3, 0.4) is 0 Å². The Morgan fingerprint density at radius 3 is 2.56 bits per heavy atom. The van der Waals surface area contributed by atoms with Crippen LogP contribution >= 0.6 is 0 Å². The van der Waals surface area contributed by atoms with Crippen molar-refractivity contribution in [2.75, 3.05) is 13.1 Å². The fraction of sp³-hybridized carbons (Fsp3) is 0.500. The summed E-state index contributed by atoms with van der Waals surface area (Å²) in [5.41, 5.74) is -1.27. The standard InChI is InChI=1S/C26H31F3N4O3/c1-17-13-21(32-20-8-10-25(36,11-9-20)22-7-2-3-12-30-22)16-33(17)23(34)15-31-24(35)18-5-4-6-19(14-18)26(27,28)29/h2-7,12,14,17,20-21,32,36H,8-11,13,15-16H2,1H3,(H,31,35). The van der Waals surface area contributed by atoms with Crippen LogP contribution < -0.4 is 10.6 Å². The number of halogens is 3. The Bertz CT molecular complexity index is 1070. The molecule has 36 heavy (non-hydrogen) atoms. The fourth-order valence-electron chi connectivity index (χ4n) is 5.19. The van der Waals surface area contributed by atoms with E-state index in [1.54, 1.807) is 11.1 Å². The van der Waals surface area contributed by atoms with E-state index in [9.17, 15) is 27.9 Å². The number of rotatable bonds is 6. The normalized spacial score (nSPS) is 26.6. The minimum absolute atomic E-state index is 0.0329. The first-order valence-electron chi connectivity index (χ1n) is 12.2. The van der Waals surface area contributed by atoms with Crippen LogP contribution in [-0.2, 0) is 16.6 Å². The van der Waals surface area contributed by atoms with Crippen molar-refractivity contribution in [1.82, 2.24) is 20.5 Å². The van der Waals surface area contributed by atoms with Crippen LogP contribution in [0.2, 0.25) is 0 Å². The van der Waals surface area contributed by atoms with Gasteiger partial charge < -0.3 is 20.6 Å². The molecule has 2 aromatic rings. The SMILES string of the molecule is CC1CC(NC2CCC(O)(c3ccccn3)CC2)CN1C(=O)CNC(=O)c1cccc(C(F)(F)F)c1. The quantitative estimate of drug-likeness (QED) is 0.562. The van der Waals surface area contributed by atoms with Crippen molar-refractivity contribution in [3.8, 4) is 0 Å². The molecule has 1 aromatic carbocycles. The molecular formula is C26H31F3N4O3. The minimum Gasteiger partial charge on any atom is -0.384 e. The monoisotopic (exact) mass is 504 g/mol. The van der Waals surface area contributed by atoms with E-state index >= 15 is 0 Å². The number of benzene rings is 1. The highest BCUT2D eigenvalue weighted by molar-refractivity contribution is 5.96. The average molecular weight is 505 g/mol. The molecule has 10 heteroatoms. The molecule has 2 aliphatic rings. The van der Waals surface area contributed by atoms with Crippen LogP contribution in [0.4, 0.5) is 13.2 Å². The van der Waals surface area contributed by atoms with Gasteiger partial charge >= 0.3 is 6.18 Å². The maximum absolute atomic E-state index is 12.9. The van der Waals surface area contributed by atoms with Crippen molar-refractivity contribution in [2.24, 2.45) is 0 Å². The third-order valence-electron chi connectivity index (χ3n) is 7.17. The second-order valence-corrected chi connectivity index (χ2v) is 9.78. The molecule has 194 valence electrons. The van der Waals surface area contributed by atoms with Crippen LogP contribution in [0.5, 0.6) is 0 Å². The number of hydrogen-bond donors (Lipinski definition) is 3. The molecule has 2 fully saturated rings. The number of carbonyl (C=O) groups excluding carboxylic acids is 2. The van der Waals surface area contributed by atoms with Gasteiger partial charge in [-0.15, -0.1) is 0 Å². The highest BCUT2D eigenvalue weighted by Gasteiger charge is 2.38. The highest BCUT2D eigenvalue weighted by atomic mass is 19.4. The lowest BCUT2D eigenvalue weighted by Gasteiger charge is -2.37. The van der Waals surface area contributed by atoms with E-state index in [1.807, 2.05) is 25.1 Å². The molecule has 2 heterocycles. The third kappa shape index (κ3) is 6.04. The molecular weight excluding hydrogens is 473 g/mol.